The molecule has 6 heteroatoms. The Morgan fingerprint density at radius 1 is 1.17 bits per heavy atom. The summed E-state index contributed by atoms with van der Waals surface area (Å²) in [6.45, 7) is 7.21. The van der Waals surface area contributed by atoms with E-state index in [9.17, 15) is 14.4 Å². The van der Waals surface area contributed by atoms with E-state index in [0.717, 1.165) is 26.1 Å². The molecule has 1 saturated heterocycles. The first kappa shape index (κ1) is 16.2. The van der Waals surface area contributed by atoms with Gasteiger partial charge in [0.25, 0.3) is 0 Å². The van der Waals surface area contributed by atoms with Crippen LogP contribution in [0.5, 0.6) is 0 Å². The summed E-state index contributed by atoms with van der Waals surface area (Å²) in [7, 11) is 0. The second-order valence-electron chi connectivity index (χ2n) is 6.64. The van der Waals surface area contributed by atoms with E-state index in [2.05, 4.69) is 36.2 Å². The zero-order valence-corrected chi connectivity index (χ0v) is 13.8. The lowest BCUT2D eigenvalue weighted by Gasteiger charge is -2.19. The Hall–Kier alpha value is -1.69. The number of amides is 3. The Balaban J connectivity index is 1.52. The number of nitrogens with one attached hydrogen (secondary N) is 1. The second kappa shape index (κ2) is 6.43. The van der Waals surface area contributed by atoms with Crippen LogP contribution in [0.1, 0.15) is 20.3 Å². The Morgan fingerprint density at radius 3 is 2.26 bits per heavy atom. The number of imide groups is 1. The third-order valence-corrected chi connectivity index (χ3v) is 5.51. The molecule has 3 aliphatic rings. The molecule has 23 heavy (non-hydrogen) atoms. The van der Waals surface area contributed by atoms with Crippen LogP contribution >= 0.6 is 0 Å². The van der Waals surface area contributed by atoms with Crippen LogP contribution in [0.25, 0.3) is 0 Å². The number of allylic oxidation sites excluding steroid dienone is 2. The van der Waals surface area contributed by atoms with Gasteiger partial charge in [-0.15, -0.1) is 0 Å². The Kier molecular flexibility index (Phi) is 4.53. The lowest BCUT2D eigenvalue weighted by atomic mass is 9.85. The van der Waals surface area contributed by atoms with Crippen molar-refractivity contribution in [3.05, 3.63) is 12.2 Å². The highest BCUT2D eigenvalue weighted by atomic mass is 16.2. The quantitative estimate of drug-likeness (QED) is 0.539. The number of fused-ring (bicyclic) bond motifs is 5. The lowest BCUT2D eigenvalue weighted by Crippen LogP contribution is -2.43. The molecule has 0 radical (unpaired) electrons. The minimum absolute atomic E-state index is 0.137. The fraction of sp³-hybridized carbons (Fsp3) is 0.706. The SMILES string of the molecule is CCN(CC)CCNC(=O)CN1C(=O)C2C3C=CC(C3)C2C1=O. The molecule has 1 N–H and O–H groups in total. The van der Waals surface area contributed by atoms with E-state index in [0.29, 0.717) is 6.54 Å². The van der Waals surface area contributed by atoms with Gasteiger partial charge in [0.1, 0.15) is 6.54 Å². The molecule has 0 aromatic heterocycles. The normalized spacial score (nSPS) is 31.3. The number of likely N-dealkylation sites (tertiary alicyclic amines) is 1. The van der Waals surface area contributed by atoms with Gasteiger partial charge in [-0.3, -0.25) is 19.3 Å². The van der Waals surface area contributed by atoms with Gasteiger partial charge in [0.05, 0.1) is 11.8 Å². The average Bonchev–Trinajstić information content (AvgIpc) is 3.21. The molecule has 6 nitrogen and oxygen atoms in total. The summed E-state index contributed by atoms with van der Waals surface area (Å²) in [6, 6.07) is 0. The smallest absolute Gasteiger partial charge is 0.240 e. The van der Waals surface area contributed by atoms with E-state index in [1.54, 1.807) is 0 Å². The largest absolute Gasteiger partial charge is 0.353 e. The third kappa shape index (κ3) is 2.80. The maximum absolute atomic E-state index is 12.5. The van der Waals surface area contributed by atoms with Crippen LogP contribution in [0.15, 0.2) is 12.2 Å². The number of carbonyl (C=O) groups is 3. The van der Waals surface area contributed by atoms with Crippen molar-refractivity contribution in [2.75, 3.05) is 32.7 Å². The lowest BCUT2D eigenvalue weighted by molar-refractivity contribution is -0.144. The number of nitrogens with zero attached hydrogens (tertiary/aromatic N) is 2. The summed E-state index contributed by atoms with van der Waals surface area (Å²) in [5, 5.41) is 2.81. The minimum atomic E-state index is -0.251. The van der Waals surface area contributed by atoms with Crippen LogP contribution in [-0.2, 0) is 14.4 Å². The molecule has 4 atom stereocenters. The first-order valence-corrected chi connectivity index (χ1v) is 8.59. The molecule has 1 aliphatic heterocycles. The third-order valence-electron chi connectivity index (χ3n) is 5.51. The van der Waals surface area contributed by atoms with Gasteiger partial charge < -0.3 is 10.2 Å². The molecule has 0 aromatic carbocycles. The molecule has 126 valence electrons. The minimum Gasteiger partial charge on any atom is -0.353 e. The van der Waals surface area contributed by atoms with Crippen LogP contribution in [0.2, 0.25) is 0 Å². The summed E-state index contributed by atoms with van der Waals surface area (Å²) in [5.41, 5.74) is 0. The Labute approximate surface area is 136 Å². The molecule has 0 spiro atoms. The molecule has 2 fully saturated rings. The molecular formula is C17H25N3O3. The van der Waals surface area contributed by atoms with Gasteiger partial charge in [-0.05, 0) is 31.3 Å². The van der Waals surface area contributed by atoms with Crippen LogP contribution in [-0.4, -0.2) is 60.2 Å². The van der Waals surface area contributed by atoms with Crippen molar-refractivity contribution in [2.24, 2.45) is 23.7 Å². The molecule has 2 aliphatic carbocycles. The van der Waals surface area contributed by atoms with E-state index in [1.807, 2.05) is 0 Å². The van der Waals surface area contributed by atoms with Crippen LogP contribution in [0.4, 0.5) is 0 Å². The Bertz CT molecular complexity index is 511. The number of hydrogen-bond donors (Lipinski definition) is 1. The molecule has 0 aromatic rings. The molecular weight excluding hydrogens is 294 g/mol. The van der Waals surface area contributed by atoms with E-state index >= 15 is 0 Å². The van der Waals surface area contributed by atoms with Gasteiger partial charge in [-0.1, -0.05) is 26.0 Å². The molecule has 1 heterocycles. The van der Waals surface area contributed by atoms with Crippen molar-refractivity contribution < 1.29 is 14.4 Å². The highest BCUT2D eigenvalue weighted by Crippen LogP contribution is 2.52. The van der Waals surface area contributed by atoms with Gasteiger partial charge in [0.15, 0.2) is 0 Å². The molecule has 3 amide bonds. The van der Waals surface area contributed by atoms with Crippen LogP contribution < -0.4 is 5.32 Å². The van der Waals surface area contributed by atoms with Crippen molar-refractivity contribution in [1.82, 2.24) is 15.1 Å². The predicted molar refractivity (Wildman–Crippen MR) is 85.2 cm³/mol. The fourth-order valence-electron chi connectivity index (χ4n) is 4.21. The first-order valence-electron chi connectivity index (χ1n) is 8.59. The highest BCUT2D eigenvalue weighted by Gasteiger charge is 2.59. The monoisotopic (exact) mass is 319 g/mol. The van der Waals surface area contributed by atoms with Crippen molar-refractivity contribution in [2.45, 2.75) is 20.3 Å². The van der Waals surface area contributed by atoms with Gasteiger partial charge in [0.2, 0.25) is 17.7 Å². The molecule has 3 rings (SSSR count). The van der Waals surface area contributed by atoms with Crippen molar-refractivity contribution in [1.29, 1.82) is 0 Å². The fourth-order valence-corrected chi connectivity index (χ4v) is 4.21. The number of likely N-dealkylation sites (N-methyl/N-ethyl adjacent to an activating group) is 1. The van der Waals surface area contributed by atoms with E-state index in [-0.39, 0.29) is 47.9 Å². The van der Waals surface area contributed by atoms with Gasteiger partial charge in [-0.25, -0.2) is 0 Å². The highest BCUT2D eigenvalue weighted by molar-refractivity contribution is 6.08. The summed E-state index contributed by atoms with van der Waals surface area (Å²) in [6.07, 6.45) is 5.03. The van der Waals surface area contributed by atoms with Crippen molar-refractivity contribution >= 4 is 17.7 Å². The van der Waals surface area contributed by atoms with Crippen LogP contribution in [0.3, 0.4) is 0 Å². The summed E-state index contributed by atoms with van der Waals surface area (Å²) in [4.78, 5) is 40.4. The zero-order valence-electron chi connectivity index (χ0n) is 13.8. The summed E-state index contributed by atoms with van der Waals surface area (Å²) < 4.78 is 0. The van der Waals surface area contributed by atoms with Crippen molar-refractivity contribution in [3.63, 3.8) is 0 Å². The van der Waals surface area contributed by atoms with Gasteiger partial charge in [0, 0.05) is 13.1 Å². The number of hydrogen-bond acceptors (Lipinski definition) is 4. The maximum atomic E-state index is 12.5. The Morgan fingerprint density at radius 2 is 1.74 bits per heavy atom. The summed E-state index contributed by atoms with van der Waals surface area (Å²) >= 11 is 0. The van der Waals surface area contributed by atoms with E-state index in [4.69, 9.17) is 0 Å². The van der Waals surface area contributed by atoms with E-state index < -0.39 is 0 Å². The van der Waals surface area contributed by atoms with E-state index in [1.165, 1.54) is 4.90 Å². The molecule has 2 bridgehead atoms. The van der Waals surface area contributed by atoms with Gasteiger partial charge in [-0.2, -0.15) is 0 Å². The maximum Gasteiger partial charge on any atom is 0.240 e. The molecule has 1 saturated carbocycles. The summed E-state index contributed by atoms with van der Waals surface area (Å²) in [5.74, 6) is -0.623. The topological polar surface area (TPSA) is 69.7 Å². The average molecular weight is 319 g/mol. The zero-order chi connectivity index (χ0) is 16.6. The first-order chi connectivity index (χ1) is 11.1. The second-order valence-corrected chi connectivity index (χ2v) is 6.64. The number of rotatable bonds is 7. The standard InChI is InChI=1S/C17H25N3O3/c1-3-19(4-2)8-7-18-13(21)10-20-16(22)14-11-5-6-12(9-11)15(14)17(20)23/h5-6,11-12,14-15H,3-4,7-10H2,1-2H3,(H,18,21). The number of carbonyl (C=O) groups excluding carboxylic acids is 3. The van der Waals surface area contributed by atoms with Crippen LogP contribution in [0, 0.1) is 23.7 Å². The van der Waals surface area contributed by atoms with Crippen molar-refractivity contribution in [3.8, 4) is 0 Å². The van der Waals surface area contributed by atoms with Gasteiger partial charge >= 0.3 is 0 Å². The molecule has 4 unspecified atom stereocenters. The predicted octanol–water partition coefficient (Wildman–Crippen LogP) is 0.252.